The van der Waals surface area contributed by atoms with Gasteiger partial charge in [-0.1, -0.05) is 66.7 Å². The highest BCUT2D eigenvalue weighted by Gasteiger charge is 2.51. The Morgan fingerprint density at radius 3 is 1.77 bits per heavy atom. The molecule has 6 nitrogen and oxygen atoms in total. The summed E-state index contributed by atoms with van der Waals surface area (Å²) in [6.07, 6.45) is 5.14. The van der Waals surface area contributed by atoms with Gasteiger partial charge in [0.1, 0.15) is 6.33 Å². The number of aromatic nitrogens is 4. The van der Waals surface area contributed by atoms with Crippen LogP contribution in [0, 0.1) is 0 Å². The van der Waals surface area contributed by atoms with E-state index in [0.29, 0.717) is 11.6 Å². The van der Waals surface area contributed by atoms with Gasteiger partial charge in [-0.3, -0.25) is 4.98 Å². The monoisotopic (exact) mass is 512 g/mol. The molecule has 0 atom stereocenters. The van der Waals surface area contributed by atoms with Gasteiger partial charge in [0.15, 0.2) is 11.6 Å². The Hall–Kier alpha value is -4.20. The van der Waals surface area contributed by atoms with Crippen molar-refractivity contribution in [1.82, 2.24) is 19.9 Å². The second kappa shape index (κ2) is 9.84. The van der Waals surface area contributed by atoms with E-state index < -0.39 is 18.3 Å². The predicted molar refractivity (Wildman–Crippen MR) is 155 cm³/mol. The van der Waals surface area contributed by atoms with Crippen molar-refractivity contribution in [3.63, 3.8) is 0 Å². The molecule has 1 saturated heterocycles. The highest BCUT2D eigenvalue weighted by Crippen LogP contribution is 2.37. The van der Waals surface area contributed by atoms with Crippen molar-refractivity contribution in [2.75, 3.05) is 0 Å². The fourth-order valence-electron chi connectivity index (χ4n) is 4.62. The van der Waals surface area contributed by atoms with E-state index in [-0.39, 0.29) is 0 Å². The number of nitrogens with zero attached hydrogens (tertiary/aromatic N) is 4. The zero-order valence-electron chi connectivity index (χ0n) is 22.5. The van der Waals surface area contributed by atoms with Gasteiger partial charge in [0, 0.05) is 23.5 Å². The van der Waals surface area contributed by atoms with Crippen LogP contribution in [0.4, 0.5) is 0 Å². The molecule has 6 rings (SSSR count). The minimum atomic E-state index is -0.512. The summed E-state index contributed by atoms with van der Waals surface area (Å²) in [5.41, 5.74) is 6.16. The van der Waals surface area contributed by atoms with Crippen LogP contribution in [0.2, 0.25) is 0 Å². The maximum atomic E-state index is 6.38. The third kappa shape index (κ3) is 4.99. The van der Waals surface area contributed by atoms with Gasteiger partial charge in [-0.25, -0.2) is 15.0 Å². The van der Waals surface area contributed by atoms with Gasteiger partial charge >= 0.3 is 7.12 Å². The van der Waals surface area contributed by atoms with E-state index in [1.54, 1.807) is 18.7 Å². The standard InChI is InChI=1S/C32H29BN4O2/c1-31(2)32(3,4)39-33(38-31)28-19-26(24-14-16-34-17-15-24)18-27(20-28)30-36-21-35-29(37-30)25-12-10-23(11-13-25)22-8-6-5-7-9-22/h5-21H,1-4H3. The highest BCUT2D eigenvalue weighted by atomic mass is 16.7. The summed E-state index contributed by atoms with van der Waals surface area (Å²) in [6, 6.07) is 28.8. The molecule has 39 heavy (non-hydrogen) atoms. The Balaban J connectivity index is 1.39. The Bertz CT molecular complexity index is 1590. The first-order valence-electron chi connectivity index (χ1n) is 13.1. The molecule has 1 fully saturated rings. The minimum absolute atomic E-state index is 0.448. The van der Waals surface area contributed by atoms with Crippen LogP contribution in [0.1, 0.15) is 27.7 Å². The molecule has 0 unspecified atom stereocenters. The summed E-state index contributed by atoms with van der Waals surface area (Å²) in [5, 5.41) is 0. The van der Waals surface area contributed by atoms with Crippen molar-refractivity contribution in [3.8, 4) is 45.0 Å². The van der Waals surface area contributed by atoms with Crippen LogP contribution in [0.5, 0.6) is 0 Å². The van der Waals surface area contributed by atoms with E-state index in [0.717, 1.165) is 33.3 Å². The number of benzene rings is 3. The minimum Gasteiger partial charge on any atom is -0.399 e. The smallest absolute Gasteiger partial charge is 0.399 e. The van der Waals surface area contributed by atoms with Crippen LogP contribution in [-0.4, -0.2) is 38.3 Å². The zero-order chi connectivity index (χ0) is 27.0. The number of pyridine rings is 1. The average molecular weight is 512 g/mol. The lowest BCUT2D eigenvalue weighted by atomic mass is 9.77. The first kappa shape index (κ1) is 25.1. The molecule has 0 radical (unpaired) electrons. The molecule has 1 aliphatic heterocycles. The zero-order valence-corrected chi connectivity index (χ0v) is 22.5. The van der Waals surface area contributed by atoms with Crippen molar-refractivity contribution in [1.29, 1.82) is 0 Å². The van der Waals surface area contributed by atoms with Crippen molar-refractivity contribution >= 4 is 12.6 Å². The molecule has 192 valence electrons. The third-order valence-corrected chi connectivity index (χ3v) is 7.57. The number of rotatable bonds is 5. The Kier molecular flexibility index (Phi) is 6.33. The highest BCUT2D eigenvalue weighted by molar-refractivity contribution is 6.62. The predicted octanol–water partition coefficient (Wildman–Crippen LogP) is 6.23. The summed E-state index contributed by atoms with van der Waals surface area (Å²) in [6.45, 7) is 8.23. The summed E-state index contributed by atoms with van der Waals surface area (Å²) >= 11 is 0. The second-order valence-electron chi connectivity index (χ2n) is 10.7. The molecule has 0 spiro atoms. The first-order chi connectivity index (χ1) is 18.8. The van der Waals surface area contributed by atoms with Crippen LogP contribution in [0.25, 0.3) is 45.0 Å². The molecule has 0 amide bonds. The number of hydrogen-bond donors (Lipinski definition) is 0. The largest absolute Gasteiger partial charge is 0.494 e. The number of hydrogen-bond acceptors (Lipinski definition) is 6. The van der Waals surface area contributed by atoms with Gasteiger partial charge in [0.25, 0.3) is 0 Å². The van der Waals surface area contributed by atoms with Crippen LogP contribution in [0.15, 0.2) is 104 Å². The van der Waals surface area contributed by atoms with Crippen molar-refractivity contribution < 1.29 is 9.31 Å². The van der Waals surface area contributed by atoms with E-state index in [2.05, 4.69) is 79.0 Å². The average Bonchev–Trinajstić information content (AvgIpc) is 3.20. The molecule has 3 heterocycles. The van der Waals surface area contributed by atoms with Gasteiger partial charge in [0.05, 0.1) is 11.2 Å². The van der Waals surface area contributed by atoms with Crippen LogP contribution in [0.3, 0.4) is 0 Å². The van der Waals surface area contributed by atoms with Crippen molar-refractivity contribution in [2.24, 2.45) is 0 Å². The quantitative estimate of drug-likeness (QED) is 0.260. The Morgan fingerprint density at radius 1 is 0.564 bits per heavy atom. The summed E-state index contributed by atoms with van der Waals surface area (Å²) in [7, 11) is -0.512. The SMILES string of the molecule is CC1(C)OB(c2cc(-c3ccncc3)cc(-c3ncnc(-c4ccc(-c5ccccc5)cc4)n3)c2)OC1(C)C. The summed E-state index contributed by atoms with van der Waals surface area (Å²) in [4.78, 5) is 18.1. The molecule has 0 N–H and O–H groups in total. The van der Waals surface area contributed by atoms with E-state index in [1.807, 2.05) is 48.5 Å². The van der Waals surface area contributed by atoms with Gasteiger partial charge in [0.2, 0.25) is 0 Å². The first-order valence-corrected chi connectivity index (χ1v) is 13.1. The van der Waals surface area contributed by atoms with E-state index in [9.17, 15) is 0 Å². The Labute approximate surface area is 229 Å². The van der Waals surface area contributed by atoms with Gasteiger partial charge in [-0.15, -0.1) is 0 Å². The van der Waals surface area contributed by atoms with Crippen molar-refractivity contribution in [3.05, 3.63) is 104 Å². The lowest BCUT2D eigenvalue weighted by molar-refractivity contribution is 0.00578. The van der Waals surface area contributed by atoms with Gasteiger partial charge in [-0.2, -0.15) is 0 Å². The molecular weight excluding hydrogens is 483 g/mol. The van der Waals surface area contributed by atoms with Crippen molar-refractivity contribution in [2.45, 2.75) is 38.9 Å². The Morgan fingerprint density at radius 2 is 1.10 bits per heavy atom. The third-order valence-electron chi connectivity index (χ3n) is 7.57. The fourth-order valence-corrected chi connectivity index (χ4v) is 4.62. The molecule has 0 aliphatic carbocycles. The maximum absolute atomic E-state index is 6.38. The second-order valence-corrected chi connectivity index (χ2v) is 10.7. The molecular formula is C32H29BN4O2. The summed E-state index contributed by atoms with van der Waals surface area (Å²) in [5.74, 6) is 1.20. The normalized spacial score (nSPS) is 15.8. The molecule has 0 saturated carbocycles. The van der Waals surface area contributed by atoms with Crippen LogP contribution >= 0.6 is 0 Å². The van der Waals surface area contributed by atoms with Gasteiger partial charge in [-0.05, 0) is 73.6 Å². The lowest BCUT2D eigenvalue weighted by Gasteiger charge is -2.32. The molecule has 2 aromatic heterocycles. The molecule has 3 aromatic carbocycles. The van der Waals surface area contributed by atoms with Crippen LogP contribution in [-0.2, 0) is 9.31 Å². The molecule has 5 aromatic rings. The molecule has 1 aliphatic rings. The summed E-state index contributed by atoms with van der Waals surface area (Å²) < 4.78 is 12.8. The lowest BCUT2D eigenvalue weighted by Crippen LogP contribution is -2.41. The van der Waals surface area contributed by atoms with E-state index >= 15 is 0 Å². The maximum Gasteiger partial charge on any atom is 0.494 e. The fraction of sp³-hybridized carbons (Fsp3) is 0.188. The van der Waals surface area contributed by atoms with Gasteiger partial charge < -0.3 is 9.31 Å². The molecule has 0 bridgehead atoms. The van der Waals surface area contributed by atoms with E-state index in [1.165, 1.54) is 5.56 Å². The molecule has 7 heteroatoms. The topological polar surface area (TPSA) is 70.0 Å². The van der Waals surface area contributed by atoms with Crippen LogP contribution < -0.4 is 5.46 Å². The van der Waals surface area contributed by atoms with E-state index in [4.69, 9.17) is 14.3 Å².